The number of halogens is 2. The number of rotatable bonds is 1. The second-order valence-electron chi connectivity index (χ2n) is 1.93. The van der Waals surface area contributed by atoms with Crippen molar-refractivity contribution in [1.82, 2.24) is 3.53 Å². The summed E-state index contributed by atoms with van der Waals surface area (Å²) < 4.78 is 3.43. The van der Waals surface area contributed by atoms with Gasteiger partial charge in [0.05, 0.1) is 22.9 Å². The summed E-state index contributed by atoms with van der Waals surface area (Å²) >= 11 is 5.09. The van der Waals surface area contributed by atoms with Gasteiger partial charge in [-0.2, -0.15) is 0 Å². The Morgan fingerprint density at radius 2 is 2.27 bits per heavy atom. The number of carbonyl (C=O) groups excluding carboxylic acids is 1. The van der Waals surface area contributed by atoms with Crippen molar-refractivity contribution >= 4 is 44.7 Å². The molecule has 0 spiro atoms. The molecule has 0 fully saturated rings. The topological polar surface area (TPSA) is 29.1 Å². The first-order chi connectivity index (χ1) is 5.24. The van der Waals surface area contributed by atoms with E-state index < -0.39 is 0 Å². The molecule has 0 aromatic heterocycles. The van der Waals surface area contributed by atoms with E-state index in [4.69, 9.17) is 0 Å². The number of hydrogen-bond acceptors (Lipinski definition) is 1. The molecule has 1 amide bonds. The van der Waals surface area contributed by atoms with Gasteiger partial charge in [0.2, 0.25) is 0 Å². The largest absolute Gasteiger partial charge is 0.295 e. The van der Waals surface area contributed by atoms with Crippen LogP contribution >= 0.6 is 38.8 Å². The van der Waals surface area contributed by atoms with Gasteiger partial charge in [0.15, 0.2) is 0 Å². The van der Waals surface area contributed by atoms with Crippen LogP contribution in [0.1, 0.15) is 10.4 Å². The van der Waals surface area contributed by atoms with E-state index in [0.717, 1.165) is 4.47 Å². The zero-order valence-corrected chi connectivity index (χ0v) is 9.22. The number of hydrogen-bond donors (Lipinski definition) is 1. The van der Waals surface area contributed by atoms with E-state index in [9.17, 15) is 4.79 Å². The Morgan fingerprint density at radius 1 is 1.55 bits per heavy atom. The van der Waals surface area contributed by atoms with E-state index >= 15 is 0 Å². The van der Waals surface area contributed by atoms with Crippen LogP contribution < -0.4 is 3.53 Å². The van der Waals surface area contributed by atoms with Gasteiger partial charge in [-0.25, -0.2) is 0 Å². The fraction of sp³-hybridized carbons (Fsp3) is 0. The minimum Gasteiger partial charge on any atom is -0.295 e. The molecule has 0 heterocycles. The molecule has 1 aromatic carbocycles. The van der Waals surface area contributed by atoms with Crippen LogP contribution in [0.25, 0.3) is 0 Å². The van der Waals surface area contributed by atoms with Crippen LogP contribution in [0, 0.1) is 0 Å². The van der Waals surface area contributed by atoms with Crippen LogP contribution in [0.4, 0.5) is 0 Å². The van der Waals surface area contributed by atoms with Gasteiger partial charge in [0.1, 0.15) is 0 Å². The second kappa shape index (κ2) is 4.06. The highest BCUT2D eigenvalue weighted by atomic mass is 127. The molecular formula is C7H5BrINO. The smallest absolute Gasteiger partial charge is 0.259 e. The summed E-state index contributed by atoms with van der Waals surface area (Å²) in [6, 6.07) is 7.24. The minimum absolute atomic E-state index is 0.0769. The predicted octanol–water partition coefficient (Wildman–Crippen LogP) is 2.53. The molecule has 1 aromatic rings. The second-order valence-corrected chi connectivity index (χ2v) is 3.39. The maximum atomic E-state index is 11.0. The van der Waals surface area contributed by atoms with Crippen molar-refractivity contribution in [2.45, 2.75) is 0 Å². The molecule has 0 bridgehead atoms. The van der Waals surface area contributed by atoms with Gasteiger partial charge in [0, 0.05) is 10.0 Å². The monoisotopic (exact) mass is 325 g/mol. The lowest BCUT2D eigenvalue weighted by molar-refractivity contribution is 0.0989. The Balaban J connectivity index is 2.96. The third-order valence-electron chi connectivity index (χ3n) is 1.17. The summed E-state index contributed by atoms with van der Waals surface area (Å²) in [7, 11) is 0. The summed E-state index contributed by atoms with van der Waals surface area (Å²) in [5.41, 5.74) is 0.661. The van der Waals surface area contributed by atoms with Crippen LogP contribution in [-0.4, -0.2) is 5.91 Å². The van der Waals surface area contributed by atoms with Gasteiger partial charge in [-0.3, -0.25) is 8.32 Å². The standard InChI is InChI=1S/C7H5BrINO/c8-6-3-1-2-5(4-6)7(11)10-9/h1-4H,(H,10,11). The Labute approximate surface area is 87.0 Å². The number of benzene rings is 1. The Hall–Kier alpha value is -0.100. The Bertz CT molecular complexity index is 277. The fourth-order valence-corrected chi connectivity index (χ4v) is 1.39. The maximum Gasteiger partial charge on any atom is 0.259 e. The highest BCUT2D eigenvalue weighted by Crippen LogP contribution is 2.11. The molecule has 0 aliphatic heterocycles. The third kappa shape index (κ3) is 2.44. The van der Waals surface area contributed by atoms with Crippen LogP contribution in [0.15, 0.2) is 28.7 Å². The molecule has 4 heteroatoms. The highest BCUT2D eigenvalue weighted by molar-refractivity contribution is 14.1. The first-order valence-corrected chi connectivity index (χ1v) is 4.78. The molecule has 0 saturated heterocycles. The van der Waals surface area contributed by atoms with E-state index in [1.165, 1.54) is 0 Å². The molecule has 0 aliphatic carbocycles. The van der Waals surface area contributed by atoms with Gasteiger partial charge >= 0.3 is 0 Å². The minimum atomic E-state index is -0.0769. The highest BCUT2D eigenvalue weighted by Gasteiger charge is 2.01. The molecule has 0 radical (unpaired) electrons. The lowest BCUT2D eigenvalue weighted by Crippen LogP contribution is -2.11. The zero-order chi connectivity index (χ0) is 8.27. The van der Waals surface area contributed by atoms with Crippen molar-refractivity contribution in [2.24, 2.45) is 0 Å². The van der Waals surface area contributed by atoms with Gasteiger partial charge < -0.3 is 0 Å². The van der Waals surface area contributed by atoms with Crippen molar-refractivity contribution in [2.75, 3.05) is 0 Å². The molecule has 0 unspecified atom stereocenters. The third-order valence-corrected chi connectivity index (χ3v) is 2.16. The van der Waals surface area contributed by atoms with E-state index in [-0.39, 0.29) is 5.91 Å². The first kappa shape index (κ1) is 8.99. The maximum absolute atomic E-state index is 11.0. The molecule has 1 rings (SSSR count). The van der Waals surface area contributed by atoms with E-state index in [1.54, 1.807) is 12.1 Å². The first-order valence-electron chi connectivity index (χ1n) is 2.90. The average molecular weight is 326 g/mol. The normalized spacial score (nSPS) is 9.27. The van der Waals surface area contributed by atoms with Crippen LogP contribution in [-0.2, 0) is 0 Å². The summed E-state index contributed by atoms with van der Waals surface area (Å²) in [4.78, 5) is 11.0. The summed E-state index contributed by atoms with van der Waals surface area (Å²) in [5, 5.41) is 0. The van der Waals surface area contributed by atoms with Gasteiger partial charge in [-0.05, 0) is 18.2 Å². The molecule has 0 saturated carbocycles. The molecular weight excluding hydrogens is 321 g/mol. The van der Waals surface area contributed by atoms with Crippen molar-refractivity contribution in [3.63, 3.8) is 0 Å². The van der Waals surface area contributed by atoms with Crippen LogP contribution in [0.3, 0.4) is 0 Å². The molecule has 1 N–H and O–H groups in total. The molecule has 11 heavy (non-hydrogen) atoms. The predicted molar refractivity (Wildman–Crippen MR) is 55.6 cm³/mol. The van der Waals surface area contributed by atoms with Gasteiger partial charge in [-0.1, -0.05) is 22.0 Å². The fourth-order valence-electron chi connectivity index (χ4n) is 0.684. The molecule has 58 valence electrons. The zero-order valence-electron chi connectivity index (χ0n) is 5.47. The Kier molecular flexibility index (Phi) is 3.32. The lowest BCUT2D eigenvalue weighted by Gasteiger charge is -1.97. The van der Waals surface area contributed by atoms with Crippen molar-refractivity contribution in [3.8, 4) is 0 Å². The molecule has 0 aliphatic rings. The van der Waals surface area contributed by atoms with E-state index in [1.807, 2.05) is 35.0 Å². The van der Waals surface area contributed by atoms with E-state index in [2.05, 4.69) is 19.5 Å². The van der Waals surface area contributed by atoms with Gasteiger partial charge in [0.25, 0.3) is 5.91 Å². The van der Waals surface area contributed by atoms with Crippen molar-refractivity contribution in [1.29, 1.82) is 0 Å². The quantitative estimate of drug-likeness (QED) is 0.624. The molecule has 0 atom stereocenters. The van der Waals surface area contributed by atoms with Crippen molar-refractivity contribution < 1.29 is 4.79 Å². The average Bonchev–Trinajstić information content (AvgIpc) is 2.03. The molecule has 2 nitrogen and oxygen atoms in total. The number of nitrogens with one attached hydrogen (secondary N) is 1. The summed E-state index contributed by atoms with van der Waals surface area (Å²) in [6.45, 7) is 0. The lowest BCUT2D eigenvalue weighted by atomic mass is 10.2. The number of carbonyl (C=O) groups is 1. The van der Waals surface area contributed by atoms with Crippen LogP contribution in [0.5, 0.6) is 0 Å². The SMILES string of the molecule is O=C(NI)c1cccc(Br)c1. The van der Waals surface area contributed by atoms with Crippen molar-refractivity contribution in [3.05, 3.63) is 34.3 Å². The summed E-state index contributed by atoms with van der Waals surface area (Å²) in [5.74, 6) is -0.0769. The number of amides is 1. The Morgan fingerprint density at radius 3 is 2.82 bits per heavy atom. The van der Waals surface area contributed by atoms with E-state index in [0.29, 0.717) is 5.56 Å². The van der Waals surface area contributed by atoms with Crippen LogP contribution in [0.2, 0.25) is 0 Å². The summed E-state index contributed by atoms with van der Waals surface area (Å²) in [6.07, 6.45) is 0. The van der Waals surface area contributed by atoms with Gasteiger partial charge in [-0.15, -0.1) is 0 Å².